The molecule has 3 nitrogen and oxygen atoms in total. The van der Waals surface area contributed by atoms with Crippen molar-refractivity contribution in [1.82, 2.24) is 0 Å². The summed E-state index contributed by atoms with van der Waals surface area (Å²) in [4.78, 5) is 4.80. The summed E-state index contributed by atoms with van der Waals surface area (Å²) in [5.74, 6) is 2.36. The van der Waals surface area contributed by atoms with Crippen molar-refractivity contribution >= 4 is 0 Å². The van der Waals surface area contributed by atoms with E-state index in [0.29, 0.717) is 23.7 Å². The molecule has 18 heavy (non-hydrogen) atoms. The number of fused-ring (bicyclic) bond motifs is 1. The molecule has 0 bridgehead atoms. The first kappa shape index (κ1) is 14.0. The predicted octanol–water partition coefficient (Wildman–Crippen LogP) is 3.10. The fourth-order valence-corrected chi connectivity index (χ4v) is 4.09. The average Bonchev–Trinajstić information content (AvgIpc) is 2.38. The second-order valence-corrected chi connectivity index (χ2v) is 6.33. The summed E-state index contributed by atoms with van der Waals surface area (Å²) >= 11 is 0. The first-order valence-corrected chi connectivity index (χ1v) is 7.17. The van der Waals surface area contributed by atoms with E-state index in [9.17, 15) is 10.4 Å². The number of hydrogen-bond donors (Lipinski definition) is 2. The predicted molar refractivity (Wildman–Crippen MR) is 71.0 cm³/mol. The summed E-state index contributed by atoms with van der Waals surface area (Å²) in [6.07, 6.45) is 5.49. The van der Waals surface area contributed by atoms with Crippen LogP contribution in [0.4, 0.5) is 0 Å². The molecule has 0 amide bonds. The van der Waals surface area contributed by atoms with Crippen LogP contribution in [0.25, 0.3) is 0 Å². The quantitative estimate of drug-likeness (QED) is 0.462. The Labute approximate surface area is 110 Å². The number of allylic oxidation sites excluding steroid dienone is 1. The molecule has 0 aromatic carbocycles. The molecule has 0 radical (unpaired) electrons. The fourth-order valence-electron chi connectivity index (χ4n) is 4.09. The van der Waals surface area contributed by atoms with Crippen LogP contribution >= 0.6 is 0 Å². The third kappa shape index (κ3) is 2.36. The van der Waals surface area contributed by atoms with Gasteiger partial charge >= 0.3 is 0 Å². The van der Waals surface area contributed by atoms with E-state index in [0.717, 1.165) is 18.4 Å². The second kappa shape index (κ2) is 5.72. The zero-order valence-electron chi connectivity index (χ0n) is 11.7. The van der Waals surface area contributed by atoms with Crippen LogP contribution in [0.5, 0.6) is 0 Å². The molecule has 6 atom stereocenters. The highest BCUT2D eigenvalue weighted by molar-refractivity contribution is 5.15. The van der Waals surface area contributed by atoms with E-state index in [1.165, 1.54) is 6.42 Å². The lowest BCUT2D eigenvalue weighted by atomic mass is 9.58. The molecule has 0 aromatic rings. The van der Waals surface area contributed by atoms with E-state index in [1.54, 1.807) is 0 Å². The Kier molecular flexibility index (Phi) is 4.46. The molecule has 2 rings (SSSR count). The van der Waals surface area contributed by atoms with Crippen molar-refractivity contribution in [2.45, 2.75) is 46.1 Å². The van der Waals surface area contributed by atoms with Gasteiger partial charge in [-0.15, -0.1) is 0 Å². The van der Waals surface area contributed by atoms with Gasteiger partial charge in [-0.2, -0.15) is 0 Å². The third-order valence-electron chi connectivity index (χ3n) is 5.32. The van der Waals surface area contributed by atoms with E-state index < -0.39 is 0 Å². The van der Waals surface area contributed by atoms with Crippen molar-refractivity contribution in [2.75, 3.05) is 6.61 Å². The zero-order valence-corrected chi connectivity index (χ0v) is 11.7. The van der Waals surface area contributed by atoms with E-state index in [-0.39, 0.29) is 18.6 Å². The molecule has 1 fully saturated rings. The Morgan fingerprint density at radius 3 is 2.78 bits per heavy atom. The monoisotopic (exact) mass is 254 g/mol. The summed E-state index contributed by atoms with van der Waals surface area (Å²) in [5.41, 5.74) is 1.14. The van der Waals surface area contributed by atoms with Crippen LogP contribution in [-0.4, -0.2) is 23.1 Å². The molecule has 0 aromatic heterocycles. The highest BCUT2D eigenvalue weighted by Gasteiger charge is 2.46. The Balaban J connectivity index is 2.28. The van der Waals surface area contributed by atoms with Crippen LogP contribution < -0.4 is 0 Å². The minimum Gasteiger partial charge on any atom is -0.396 e. The first-order chi connectivity index (χ1) is 8.60. The van der Waals surface area contributed by atoms with Crippen molar-refractivity contribution in [3.63, 3.8) is 0 Å². The maximum atomic E-state index is 9.45. The minimum absolute atomic E-state index is 0.175. The zero-order chi connectivity index (χ0) is 13.3. The highest BCUT2D eigenvalue weighted by atomic mass is 17.1. The van der Waals surface area contributed by atoms with Gasteiger partial charge in [-0.05, 0) is 54.9 Å². The Morgan fingerprint density at radius 1 is 1.44 bits per heavy atom. The van der Waals surface area contributed by atoms with Gasteiger partial charge in [0.2, 0.25) is 0 Å². The smallest absolute Gasteiger partial charge is 0.117 e. The number of aliphatic hydroxyl groups excluding tert-OH is 1. The van der Waals surface area contributed by atoms with Gasteiger partial charge in [-0.3, -0.25) is 5.26 Å². The average molecular weight is 254 g/mol. The molecule has 0 aliphatic heterocycles. The topological polar surface area (TPSA) is 49.7 Å². The van der Waals surface area contributed by atoms with E-state index in [2.05, 4.69) is 19.9 Å². The van der Waals surface area contributed by atoms with Crippen molar-refractivity contribution in [3.8, 4) is 0 Å². The van der Waals surface area contributed by atoms with Crippen molar-refractivity contribution in [2.24, 2.45) is 29.6 Å². The highest BCUT2D eigenvalue weighted by Crippen LogP contribution is 2.49. The van der Waals surface area contributed by atoms with Gasteiger partial charge in [0.15, 0.2) is 0 Å². The number of aliphatic hydroxyl groups is 1. The Morgan fingerprint density at radius 2 is 2.17 bits per heavy atom. The lowest BCUT2D eigenvalue weighted by molar-refractivity contribution is -0.293. The standard InChI is InChI=1S/C15H26O3/c1-9-4-6-13(11(3)8-16)14-12(9)7-5-10(2)15(14)18-17/h5,9,11-17H,4,6-8H2,1-3H3/t9-,11+,12+,13+,14+,15-/m1/s1. The normalized spacial score (nSPS) is 42.1. The van der Waals surface area contributed by atoms with Crippen LogP contribution in [0.2, 0.25) is 0 Å². The van der Waals surface area contributed by atoms with Crippen LogP contribution in [0.15, 0.2) is 11.6 Å². The van der Waals surface area contributed by atoms with Crippen molar-refractivity contribution in [3.05, 3.63) is 11.6 Å². The molecular formula is C15H26O3. The minimum atomic E-state index is -0.175. The molecule has 3 heteroatoms. The Hall–Kier alpha value is -0.380. The fraction of sp³-hybridized carbons (Fsp3) is 0.867. The van der Waals surface area contributed by atoms with Gasteiger partial charge in [-0.1, -0.05) is 26.3 Å². The third-order valence-corrected chi connectivity index (χ3v) is 5.32. The molecule has 2 aliphatic rings. The lowest BCUT2D eigenvalue weighted by Crippen LogP contribution is -2.46. The SMILES string of the molecule is CC1=CC[C@@H]2[C@@H]([C@H]([C@@H](C)CO)CC[C@H]2C)[C@@H]1OO. The Bertz CT molecular complexity index is 313. The van der Waals surface area contributed by atoms with Gasteiger partial charge in [0.25, 0.3) is 0 Å². The maximum absolute atomic E-state index is 9.45. The largest absolute Gasteiger partial charge is 0.396 e. The van der Waals surface area contributed by atoms with Gasteiger partial charge in [-0.25, -0.2) is 4.89 Å². The van der Waals surface area contributed by atoms with E-state index in [4.69, 9.17) is 4.89 Å². The van der Waals surface area contributed by atoms with Crippen LogP contribution in [0.3, 0.4) is 0 Å². The van der Waals surface area contributed by atoms with Gasteiger partial charge in [0.1, 0.15) is 6.10 Å². The van der Waals surface area contributed by atoms with Gasteiger partial charge in [0, 0.05) is 6.61 Å². The van der Waals surface area contributed by atoms with Crippen molar-refractivity contribution < 1.29 is 15.3 Å². The molecule has 0 saturated heterocycles. The summed E-state index contributed by atoms with van der Waals surface area (Å²) < 4.78 is 0. The van der Waals surface area contributed by atoms with Crippen LogP contribution in [0.1, 0.15) is 40.0 Å². The molecule has 2 N–H and O–H groups in total. The molecule has 2 aliphatic carbocycles. The summed E-state index contributed by atoms with van der Waals surface area (Å²) in [6, 6.07) is 0. The number of hydrogen-bond acceptors (Lipinski definition) is 3. The van der Waals surface area contributed by atoms with Crippen LogP contribution in [-0.2, 0) is 4.89 Å². The summed E-state index contributed by atoms with van der Waals surface area (Å²) in [6.45, 7) is 6.68. The summed E-state index contributed by atoms with van der Waals surface area (Å²) in [7, 11) is 0. The maximum Gasteiger partial charge on any atom is 0.117 e. The van der Waals surface area contributed by atoms with Gasteiger partial charge in [0.05, 0.1) is 0 Å². The van der Waals surface area contributed by atoms with Gasteiger partial charge < -0.3 is 5.11 Å². The van der Waals surface area contributed by atoms with Crippen LogP contribution in [0, 0.1) is 29.6 Å². The molecule has 0 heterocycles. The number of rotatable bonds is 3. The first-order valence-electron chi connectivity index (χ1n) is 7.17. The molecule has 1 saturated carbocycles. The molecule has 0 spiro atoms. The summed E-state index contributed by atoms with van der Waals surface area (Å²) in [5, 5.41) is 18.7. The molecular weight excluding hydrogens is 228 g/mol. The molecule has 104 valence electrons. The molecule has 0 unspecified atom stereocenters. The lowest BCUT2D eigenvalue weighted by Gasteiger charge is -2.48. The van der Waals surface area contributed by atoms with Crippen molar-refractivity contribution in [1.29, 1.82) is 0 Å². The second-order valence-electron chi connectivity index (χ2n) is 6.33. The van der Waals surface area contributed by atoms with E-state index >= 15 is 0 Å². The van der Waals surface area contributed by atoms with E-state index in [1.807, 2.05) is 6.92 Å².